The van der Waals surface area contributed by atoms with Crippen LogP contribution >= 0.6 is 0 Å². The predicted octanol–water partition coefficient (Wildman–Crippen LogP) is 13.7. The molecule has 0 amide bonds. The van der Waals surface area contributed by atoms with Gasteiger partial charge in [0.25, 0.3) is 0 Å². The smallest absolute Gasteiger partial charge is 0.229 e. The quantitative estimate of drug-likeness (QED) is 0.0494. The Balaban J connectivity index is 0.000000120. The molecule has 4 fully saturated rings. The highest BCUT2D eigenvalue weighted by Gasteiger charge is 2.24. The number of aliphatic hydroxyl groups is 2. The first-order valence-electron chi connectivity index (χ1n) is 36.1. The summed E-state index contributed by atoms with van der Waals surface area (Å²) in [6, 6.07) is 25.4. The fourth-order valence-corrected chi connectivity index (χ4v) is 14.3. The van der Waals surface area contributed by atoms with Crippen molar-refractivity contribution in [1.29, 1.82) is 0 Å². The van der Waals surface area contributed by atoms with Crippen molar-refractivity contribution in [3.8, 4) is 45.0 Å². The van der Waals surface area contributed by atoms with Crippen molar-refractivity contribution in [3.05, 3.63) is 147 Å². The van der Waals surface area contributed by atoms with Crippen LogP contribution in [0, 0.1) is 0 Å². The summed E-state index contributed by atoms with van der Waals surface area (Å²) < 4.78 is 7.78. The highest BCUT2D eigenvalue weighted by Crippen LogP contribution is 2.34. The highest BCUT2D eigenvalue weighted by atomic mass is 16.3. The van der Waals surface area contributed by atoms with E-state index in [9.17, 15) is 15.0 Å². The summed E-state index contributed by atoms with van der Waals surface area (Å²) in [5.41, 5.74) is 11.1. The van der Waals surface area contributed by atoms with E-state index in [2.05, 4.69) is 114 Å². The van der Waals surface area contributed by atoms with Crippen LogP contribution in [0.4, 0.5) is 23.8 Å². The molecule has 0 aliphatic heterocycles. The van der Waals surface area contributed by atoms with Crippen molar-refractivity contribution in [2.75, 3.05) is 48.5 Å². The molecule has 12 heterocycles. The Bertz CT molecular complexity index is 4690. The molecule has 16 rings (SSSR count). The fourth-order valence-electron chi connectivity index (χ4n) is 14.3. The van der Waals surface area contributed by atoms with Crippen LogP contribution < -0.4 is 21.3 Å². The van der Waals surface area contributed by atoms with Gasteiger partial charge < -0.3 is 50.1 Å². The lowest BCUT2D eigenvalue weighted by molar-refractivity contribution is 0.0941. The molecular weight excluding hydrogens is 1270 g/mol. The molecular formula is C77H93N21O3. The molecule has 0 atom stereocenters. The zero-order chi connectivity index (χ0) is 69.4. The summed E-state index contributed by atoms with van der Waals surface area (Å²) in [6.07, 6.45) is 44.6. The lowest BCUT2D eigenvalue weighted by Gasteiger charge is -2.26. The van der Waals surface area contributed by atoms with Gasteiger partial charge in [0.1, 0.15) is 22.6 Å². The third-order valence-electron chi connectivity index (χ3n) is 19.6. The van der Waals surface area contributed by atoms with Gasteiger partial charge in [-0.05, 0) is 151 Å². The SMILES string of the molecule is CC(=O)n1cc(-c2ccnc(NC3CCCCC3)n2)c2cccnc21.CN(C)CCn1cc(-c2ccnc(NC3CCCCC3)n2)c2cccnc21.Cn1cc(-c2ccnc(NC3CCC(O)CC3)n2)c2cccnc21.OCCn1cc(-c2ccnc(NC3CCCCC3)n2)c2cccnc21. The van der Waals surface area contributed by atoms with E-state index in [1.165, 1.54) is 103 Å². The number of carbonyl (C=O) groups excluding carboxylic acids is 1. The fraction of sp³-hybridized carbons (Fsp3) is 0.416. The van der Waals surface area contributed by atoms with Crippen LogP contribution in [0.3, 0.4) is 0 Å². The van der Waals surface area contributed by atoms with Crippen molar-refractivity contribution in [3.63, 3.8) is 0 Å². The molecule has 4 saturated carbocycles. The van der Waals surface area contributed by atoms with Crippen LogP contribution in [-0.4, -0.2) is 157 Å². The van der Waals surface area contributed by atoms with E-state index in [1.54, 1.807) is 41.7 Å². The van der Waals surface area contributed by atoms with Crippen LogP contribution in [0.1, 0.15) is 134 Å². The molecule has 0 radical (unpaired) electrons. The van der Waals surface area contributed by atoms with Gasteiger partial charge >= 0.3 is 0 Å². The van der Waals surface area contributed by atoms with E-state index < -0.39 is 0 Å². The average molecular weight is 1360 g/mol. The molecule has 0 bridgehead atoms. The second kappa shape index (κ2) is 33.3. The first-order chi connectivity index (χ1) is 49.5. The zero-order valence-corrected chi connectivity index (χ0v) is 58.4. The van der Waals surface area contributed by atoms with Crippen molar-refractivity contribution in [2.45, 2.75) is 172 Å². The number of hydrogen-bond acceptors (Lipinski definition) is 20. The minimum Gasteiger partial charge on any atom is -0.395 e. The normalized spacial score (nSPS) is 16.8. The van der Waals surface area contributed by atoms with Crippen molar-refractivity contribution in [2.24, 2.45) is 7.05 Å². The van der Waals surface area contributed by atoms with E-state index in [1.807, 2.05) is 102 Å². The average Bonchev–Trinajstić information content (AvgIpc) is 1.66. The predicted molar refractivity (Wildman–Crippen MR) is 399 cm³/mol. The lowest BCUT2D eigenvalue weighted by Crippen LogP contribution is -2.28. The molecule has 0 saturated heterocycles. The Hall–Kier alpha value is -10.2. The standard InChI is InChI=1S/C21H28N6.C19H21N5O.C19H23N5O.C18H21N5O/c1-26(2)13-14-27-15-18(17-9-6-11-22-20(17)27)19-10-12-23-21(25-19)24-16-7-4-3-5-8-16;1-13(25)24-12-16(15-8-5-10-20-18(15)24)17-9-11-21-19(23-17)22-14-6-3-2-4-7-14;25-12-11-24-13-16(15-7-4-9-20-18(15)24)17-8-10-21-19(23-17)22-14-5-2-1-3-6-14;1-23-11-15(14-3-2-9-19-17(14)23)16-8-10-20-18(22-16)21-12-4-6-13(24)7-5-12/h6,9-12,15-16H,3-5,7-8,13-14H2,1-2H3,(H,23,24,25);5,8-12,14H,2-4,6-7H2,1H3,(H,21,22,23);4,7-10,13-14,25H,1-3,5-6,11-12H2,(H,21,22,23);2-3,8-13,24H,4-7H2,1H3,(H,20,21,22). The Kier molecular flexibility index (Phi) is 22.9. The molecule has 0 spiro atoms. The summed E-state index contributed by atoms with van der Waals surface area (Å²) in [5.74, 6) is 2.66. The Morgan fingerprint density at radius 3 is 1.17 bits per heavy atom. The van der Waals surface area contributed by atoms with Crippen molar-refractivity contribution < 1.29 is 15.0 Å². The molecule has 12 aromatic rings. The number of rotatable bonds is 17. The largest absolute Gasteiger partial charge is 0.395 e. The van der Waals surface area contributed by atoms with Gasteiger partial charge in [0.05, 0.1) is 35.5 Å². The van der Waals surface area contributed by atoms with Crippen molar-refractivity contribution in [1.82, 2.24) is 83.0 Å². The maximum absolute atomic E-state index is 11.9. The molecule has 4 aliphatic rings. The third kappa shape index (κ3) is 17.4. The van der Waals surface area contributed by atoms with E-state index in [0.717, 1.165) is 128 Å². The summed E-state index contributed by atoms with van der Waals surface area (Å²) in [6.45, 7) is 4.01. The van der Waals surface area contributed by atoms with Gasteiger partial charge in [0, 0.05) is 176 Å². The van der Waals surface area contributed by atoms with Crippen LogP contribution in [0.2, 0.25) is 0 Å². The molecule has 24 nitrogen and oxygen atoms in total. The summed E-state index contributed by atoms with van der Waals surface area (Å²) in [4.78, 5) is 68.5. The van der Waals surface area contributed by atoms with Gasteiger partial charge in [0.15, 0.2) is 0 Å². The molecule has 4 aliphatic carbocycles. The van der Waals surface area contributed by atoms with Crippen LogP contribution in [0.15, 0.2) is 147 Å². The Labute approximate surface area is 589 Å². The number of carbonyl (C=O) groups is 1. The maximum atomic E-state index is 11.9. The van der Waals surface area contributed by atoms with E-state index in [0.29, 0.717) is 54.2 Å². The number of likely N-dealkylation sites (N-methyl/N-ethyl adjacent to an activating group) is 1. The van der Waals surface area contributed by atoms with Crippen molar-refractivity contribution >= 4 is 73.8 Å². The third-order valence-corrected chi connectivity index (χ3v) is 19.6. The van der Waals surface area contributed by atoms with Gasteiger partial charge in [-0.3, -0.25) is 9.36 Å². The number of pyridine rings is 4. The Morgan fingerprint density at radius 1 is 0.426 bits per heavy atom. The molecule has 0 aromatic carbocycles. The molecule has 101 heavy (non-hydrogen) atoms. The second-order valence-electron chi connectivity index (χ2n) is 27.2. The number of aryl methyl sites for hydroxylation is 1. The monoisotopic (exact) mass is 1360 g/mol. The number of fused-ring (bicyclic) bond motifs is 4. The number of anilines is 4. The topological polar surface area (TPSA) is 283 Å². The summed E-state index contributed by atoms with van der Waals surface area (Å²) in [5, 5.41) is 37.0. The number of aromatic nitrogens is 16. The van der Waals surface area contributed by atoms with Crippen LogP contribution in [-0.2, 0) is 20.1 Å². The zero-order valence-electron chi connectivity index (χ0n) is 58.4. The second-order valence-corrected chi connectivity index (χ2v) is 27.2. The Morgan fingerprint density at radius 2 is 0.772 bits per heavy atom. The minimum absolute atomic E-state index is 0.0652. The molecule has 24 heteroatoms. The molecule has 524 valence electrons. The minimum atomic E-state index is -0.154. The summed E-state index contributed by atoms with van der Waals surface area (Å²) >= 11 is 0. The van der Waals surface area contributed by atoms with E-state index in [-0.39, 0.29) is 18.6 Å². The van der Waals surface area contributed by atoms with Gasteiger partial charge in [-0.2, -0.15) is 0 Å². The van der Waals surface area contributed by atoms with E-state index >= 15 is 0 Å². The van der Waals surface area contributed by atoms with Gasteiger partial charge in [-0.25, -0.2) is 59.8 Å². The number of hydrogen-bond donors (Lipinski definition) is 6. The molecule has 12 aromatic heterocycles. The van der Waals surface area contributed by atoms with Gasteiger partial charge in [0.2, 0.25) is 29.7 Å². The lowest BCUT2D eigenvalue weighted by atomic mass is 9.93. The van der Waals surface area contributed by atoms with Crippen LogP contribution in [0.5, 0.6) is 0 Å². The van der Waals surface area contributed by atoms with Gasteiger partial charge in [-0.1, -0.05) is 57.8 Å². The first-order valence-corrected chi connectivity index (χ1v) is 36.1. The van der Waals surface area contributed by atoms with E-state index in [4.69, 9.17) is 15.0 Å². The van der Waals surface area contributed by atoms with Gasteiger partial charge in [-0.15, -0.1) is 0 Å². The number of nitrogens with zero attached hydrogens (tertiary/aromatic N) is 17. The first kappa shape index (κ1) is 69.3. The number of nitrogens with one attached hydrogen (secondary N) is 4. The molecule has 6 N–H and O–H groups in total. The number of aliphatic hydroxyl groups excluding tert-OH is 2. The maximum Gasteiger partial charge on any atom is 0.229 e. The van der Waals surface area contributed by atoms with Crippen LogP contribution in [0.25, 0.3) is 89.2 Å². The summed E-state index contributed by atoms with van der Waals surface area (Å²) in [7, 11) is 6.17. The molecule has 0 unspecified atom stereocenters. The highest BCUT2D eigenvalue weighted by molar-refractivity contribution is 5.99.